The predicted octanol–water partition coefficient (Wildman–Crippen LogP) is 3.09. The van der Waals surface area contributed by atoms with Crippen LogP contribution in [0.1, 0.15) is 24.0 Å². The molecule has 0 radical (unpaired) electrons. The normalized spacial score (nSPS) is 11.6. The van der Waals surface area contributed by atoms with E-state index in [1.165, 1.54) is 0 Å². The maximum atomic E-state index is 12.4. The van der Waals surface area contributed by atoms with Gasteiger partial charge in [-0.3, -0.25) is 4.79 Å². The molecule has 1 atom stereocenters. The van der Waals surface area contributed by atoms with Crippen molar-refractivity contribution in [3.63, 3.8) is 0 Å². The number of hydrogen-bond acceptors (Lipinski definition) is 5. The number of furan rings is 1. The monoisotopic (exact) mass is 382 g/mol. The Morgan fingerprint density at radius 1 is 1.18 bits per heavy atom. The molecule has 3 rings (SSSR count). The van der Waals surface area contributed by atoms with Crippen LogP contribution in [0.4, 0.5) is 10.6 Å². The highest BCUT2D eigenvalue weighted by molar-refractivity contribution is 5.95. The fourth-order valence-electron chi connectivity index (χ4n) is 2.52. The Balaban J connectivity index is 1.50. The van der Waals surface area contributed by atoms with Gasteiger partial charge < -0.3 is 19.8 Å². The number of rotatable bonds is 7. The molecule has 146 valence electrons. The molecule has 8 nitrogen and oxygen atoms in total. The fraction of sp³-hybridized carbons (Fsp3) is 0.250. The van der Waals surface area contributed by atoms with Gasteiger partial charge in [-0.2, -0.15) is 5.10 Å². The van der Waals surface area contributed by atoms with Crippen LogP contribution in [0.2, 0.25) is 0 Å². The lowest BCUT2D eigenvalue weighted by Crippen LogP contribution is -2.42. The minimum atomic E-state index is -0.780. The summed E-state index contributed by atoms with van der Waals surface area (Å²) in [5.74, 6) is 1.66. The first-order chi connectivity index (χ1) is 13.5. The third-order valence-corrected chi connectivity index (χ3v) is 4.01. The number of aryl methyl sites for hydroxylation is 1. The molecular weight excluding hydrogens is 360 g/mol. The number of ether oxygens (including phenoxy) is 1. The van der Waals surface area contributed by atoms with Crippen LogP contribution in [0.25, 0.3) is 0 Å². The van der Waals surface area contributed by atoms with Gasteiger partial charge in [0, 0.05) is 6.07 Å². The number of carbonyl (C=O) groups excluding carboxylic acids is 2. The van der Waals surface area contributed by atoms with Gasteiger partial charge >= 0.3 is 6.09 Å². The Morgan fingerprint density at radius 3 is 2.68 bits per heavy atom. The highest BCUT2D eigenvalue weighted by atomic mass is 16.5. The molecule has 3 aromatic rings. The second kappa shape index (κ2) is 8.90. The summed E-state index contributed by atoms with van der Waals surface area (Å²) in [7, 11) is 0. The van der Waals surface area contributed by atoms with Crippen LogP contribution in [0.3, 0.4) is 0 Å². The molecule has 2 aromatic heterocycles. The molecule has 0 saturated carbocycles. The van der Waals surface area contributed by atoms with Crippen LogP contribution in [0.15, 0.2) is 59.1 Å². The molecule has 8 heteroatoms. The van der Waals surface area contributed by atoms with Crippen molar-refractivity contribution in [2.75, 3.05) is 5.32 Å². The first-order valence-corrected chi connectivity index (χ1v) is 8.86. The van der Waals surface area contributed by atoms with E-state index in [2.05, 4.69) is 15.7 Å². The molecule has 1 unspecified atom stereocenters. The predicted molar refractivity (Wildman–Crippen MR) is 103 cm³/mol. The summed E-state index contributed by atoms with van der Waals surface area (Å²) in [5, 5.41) is 9.45. The van der Waals surface area contributed by atoms with Gasteiger partial charge in [-0.05, 0) is 31.5 Å². The van der Waals surface area contributed by atoms with Crippen LogP contribution >= 0.6 is 0 Å². The summed E-state index contributed by atoms with van der Waals surface area (Å²) in [6.07, 6.45) is 0.920. The zero-order valence-electron chi connectivity index (χ0n) is 15.7. The third-order valence-electron chi connectivity index (χ3n) is 4.01. The van der Waals surface area contributed by atoms with Gasteiger partial charge in [0.25, 0.3) is 0 Å². The van der Waals surface area contributed by atoms with Crippen molar-refractivity contribution in [3.8, 4) is 0 Å². The van der Waals surface area contributed by atoms with Gasteiger partial charge in [0.15, 0.2) is 0 Å². The average molecular weight is 382 g/mol. The molecular formula is C20H22N4O4. The maximum absolute atomic E-state index is 12.4. The summed E-state index contributed by atoms with van der Waals surface area (Å²) in [4.78, 5) is 24.3. The largest absolute Gasteiger partial charge is 0.464 e. The Kier molecular flexibility index (Phi) is 6.11. The van der Waals surface area contributed by atoms with Crippen LogP contribution < -0.4 is 10.6 Å². The van der Waals surface area contributed by atoms with Crippen LogP contribution in [0.5, 0.6) is 0 Å². The molecule has 0 aliphatic heterocycles. The van der Waals surface area contributed by atoms with Crippen molar-refractivity contribution in [1.82, 2.24) is 15.1 Å². The molecule has 2 N–H and O–H groups in total. The Hall–Kier alpha value is -3.55. The molecule has 0 aliphatic carbocycles. The number of alkyl carbamates (subject to hydrolysis) is 1. The molecule has 28 heavy (non-hydrogen) atoms. The van der Waals surface area contributed by atoms with Crippen molar-refractivity contribution in [2.45, 2.75) is 33.0 Å². The van der Waals surface area contributed by atoms with E-state index in [-0.39, 0.29) is 12.5 Å². The average Bonchev–Trinajstić information content (AvgIpc) is 3.30. The van der Waals surface area contributed by atoms with Crippen molar-refractivity contribution in [3.05, 3.63) is 71.8 Å². The van der Waals surface area contributed by atoms with Gasteiger partial charge in [-0.25, -0.2) is 9.48 Å². The summed E-state index contributed by atoms with van der Waals surface area (Å²) in [5.41, 5.74) is 0.867. The summed E-state index contributed by atoms with van der Waals surface area (Å²) < 4.78 is 12.3. The van der Waals surface area contributed by atoms with E-state index in [1.807, 2.05) is 49.4 Å². The summed E-state index contributed by atoms with van der Waals surface area (Å²) >= 11 is 0. The molecule has 0 aliphatic rings. The number of carbonyl (C=O) groups is 2. The smallest absolute Gasteiger partial charge is 0.408 e. The van der Waals surface area contributed by atoms with E-state index in [1.54, 1.807) is 23.9 Å². The molecule has 1 aromatic carbocycles. The van der Waals surface area contributed by atoms with Gasteiger partial charge in [-0.1, -0.05) is 30.3 Å². The minimum Gasteiger partial charge on any atom is -0.464 e. The Labute approximate surface area is 162 Å². The number of nitrogens with one attached hydrogen (secondary N) is 2. The third kappa shape index (κ3) is 5.23. The fourth-order valence-corrected chi connectivity index (χ4v) is 2.52. The van der Waals surface area contributed by atoms with Crippen molar-refractivity contribution in [2.24, 2.45) is 0 Å². The summed E-state index contributed by atoms with van der Waals surface area (Å²) in [6.45, 7) is 3.96. The van der Waals surface area contributed by atoms with Gasteiger partial charge in [0.1, 0.15) is 36.5 Å². The van der Waals surface area contributed by atoms with E-state index >= 15 is 0 Å². The van der Waals surface area contributed by atoms with Crippen molar-refractivity contribution in [1.29, 1.82) is 0 Å². The standard InChI is InChI=1S/C20H22N4O4/c1-14-8-9-17(28-14)12-24-18(10-11-21-24)23-19(25)15(2)22-20(26)27-13-16-6-4-3-5-7-16/h3-11,15H,12-13H2,1-2H3,(H,22,26)(H,23,25). The van der Waals surface area contributed by atoms with Gasteiger partial charge in [0.2, 0.25) is 5.91 Å². The molecule has 0 saturated heterocycles. The highest BCUT2D eigenvalue weighted by Crippen LogP contribution is 2.13. The van der Waals surface area contributed by atoms with E-state index < -0.39 is 12.1 Å². The molecule has 0 fully saturated rings. The molecule has 0 spiro atoms. The van der Waals surface area contributed by atoms with Crippen LogP contribution in [-0.2, 0) is 22.7 Å². The number of anilines is 1. The van der Waals surface area contributed by atoms with Crippen molar-refractivity contribution < 1.29 is 18.7 Å². The Morgan fingerprint density at radius 2 is 1.96 bits per heavy atom. The second-order valence-electron chi connectivity index (χ2n) is 6.30. The first kappa shape index (κ1) is 19.2. The van der Waals surface area contributed by atoms with Crippen LogP contribution in [-0.4, -0.2) is 27.8 Å². The zero-order chi connectivity index (χ0) is 19.9. The molecule has 0 bridgehead atoms. The van der Waals surface area contributed by atoms with Gasteiger partial charge in [-0.15, -0.1) is 0 Å². The van der Waals surface area contributed by atoms with E-state index in [4.69, 9.17) is 9.15 Å². The Bertz CT molecular complexity index is 933. The SMILES string of the molecule is Cc1ccc(Cn2nccc2NC(=O)C(C)NC(=O)OCc2ccccc2)o1. The first-order valence-electron chi connectivity index (χ1n) is 8.86. The highest BCUT2D eigenvalue weighted by Gasteiger charge is 2.18. The number of nitrogens with zero attached hydrogens (tertiary/aromatic N) is 2. The molecule has 2 heterocycles. The maximum Gasteiger partial charge on any atom is 0.408 e. The lowest BCUT2D eigenvalue weighted by molar-refractivity contribution is -0.117. The van der Waals surface area contributed by atoms with E-state index in [0.29, 0.717) is 12.4 Å². The number of hydrogen-bond donors (Lipinski definition) is 2. The number of benzene rings is 1. The van der Waals surface area contributed by atoms with E-state index in [0.717, 1.165) is 17.1 Å². The lowest BCUT2D eigenvalue weighted by Gasteiger charge is -2.15. The number of aromatic nitrogens is 2. The topological polar surface area (TPSA) is 98.4 Å². The van der Waals surface area contributed by atoms with E-state index in [9.17, 15) is 9.59 Å². The quantitative estimate of drug-likeness (QED) is 0.654. The minimum absolute atomic E-state index is 0.135. The van der Waals surface area contributed by atoms with Gasteiger partial charge in [0.05, 0.1) is 6.20 Å². The summed E-state index contributed by atoms with van der Waals surface area (Å²) in [6, 6.07) is 13.9. The lowest BCUT2D eigenvalue weighted by atomic mass is 10.2. The van der Waals surface area contributed by atoms with Crippen molar-refractivity contribution >= 4 is 17.8 Å². The number of amides is 2. The second-order valence-corrected chi connectivity index (χ2v) is 6.30. The molecule has 2 amide bonds. The zero-order valence-corrected chi connectivity index (χ0v) is 15.7. The van der Waals surface area contributed by atoms with Crippen LogP contribution in [0, 0.1) is 6.92 Å².